The zero-order valence-electron chi connectivity index (χ0n) is 16.8. The van der Waals surface area contributed by atoms with E-state index in [-0.39, 0.29) is 5.91 Å². The van der Waals surface area contributed by atoms with E-state index < -0.39 is 11.9 Å². The van der Waals surface area contributed by atoms with Crippen molar-refractivity contribution in [3.63, 3.8) is 0 Å². The van der Waals surface area contributed by atoms with Gasteiger partial charge in [-0.05, 0) is 35.2 Å². The van der Waals surface area contributed by atoms with Crippen molar-refractivity contribution in [1.29, 1.82) is 0 Å². The first-order chi connectivity index (χ1) is 14.6. The summed E-state index contributed by atoms with van der Waals surface area (Å²) < 4.78 is 5.84. The maximum Gasteiger partial charge on any atom is 0.240 e. The van der Waals surface area contributed by atoms with E-state index in [1.165, 1.54) is 0 Å². The maximum absolute atomic E-state index is 12.3. The standard InChI is InChI=1S/C25H26N2O3/c26-25(29)23(27-24(28)15-14-19-8-3-1-4-9-19)17-21-12-7-13-22(16-21)30-18-20-10-5-2-6-11-20/h1-13,16,23H,14-15,17-18H2,(H2,26,29)(H,27,28)/t23-/m0/s1. The summed E-state index contributed by atoms with van der Waals surface area (Å²) in [6.07, 6.45) is 1.23. The summed E-state index contributed by atoms with van der Waals surface area (Å²) in [7, 11) is 0. The van der Waals surface area contributed by atoms with Gasteiger partial charge in [0, 0.05) is 12.8 Å². The summed E-state index contributed by atoms with van der Waals surface area (Å²) >= 11 is 0. The van der Waals surface area contributed by atoms with Crippen molar-refractivity contribution in [3.05, 3.63) is 102 Å². The Hall–Kier alpha value is -3.60. The third-order valence-electron chi connectivity index (χ3n) is 4.75. The van der Waals surface area contributed by atoms with E-state index in [2.05, 4.69) is 5.32 Å². The Labute approximate surface area is 176 Å². The summed E-state index contributed by atoms with van der Waals surface area (Å²) in [4.78, 5) is 24.2. The van der Waals surface area contributed by atoms with Gasteiger partial charge in [0.15, 0.2) is 0 Å². The molecule has 0 unspecified atom stereocenters. The Balaban J connectivity index is 1.55. The third kappa shape index (κ3) is 6.78. The van der Waals surface area contributed by atoms with E-state index in [9.17, 15) is 9.59 Å². The fourth-order valence-corrected chi connectivity index (χ4v) is 3.13. The topological polar surface area (TPSA) is 81.4 Å². The number of rotatable bonds is 10. The van der Waals surface area contributed by atoms with E-state index in [0.29, 0.717) is 31.6 Å². The maximum atomic E-state index is 12.3. The number of nitrogens with two attached hydrogens (primary N) is 1. The predicted octanol–water partition coefficient (Wildman–Crippen LogP) is 3.41. The van der Waals surface area contributed by atoms with E-state index in [4.69, 9.17) is 10.5 Å². The molecule has 0 spiro atoms. The molecule has 3 aromatic rings. The molecule has 0 bridgehead atoms. The summed E-state index contributed by atoms with van der Waals surface area (Å²) in [5, 5.41) is 2.76. The molecule has 3 rings (SSSR count). The molecule has 0 aromatic heterocycles. The van der Waals surface area contributed by atoms with Gasteiger partial charge in [0.05, 0.1) is 0 Å². The first-order valence-electron chi connectivity index (χ1n) is 9.98. The van der Waals surface area contributed by atoms with Crippen LogP contribution in [-0.4, -0.2) is 17.9 Å². The molecular formula is C25H26N2O3. The van der Waals surface area contributed by atoms with Crippen LogP contribution in [-0.2, 0) is 29.0 Å². The van der Waals surface area contributed by atoms with E-state index in [1.54, 1.807) is 0 Å². The number of aryl methyl sites for hydroxylation is 1. The highest BCUT2D eigenvalue weighted by Gasteiger charge is 2.18. The zero-order valence-corrected chi connectivity index (χ0v) is 16.8. The lowest BCUT2D eigenvalue weighted by Crippen LogP contribution is -2.45. The van der Waals surface area contributed by atoms with Crippen molar-refractivity contribution < 1.29 is 14.3 Å². The van der Waals surface area contributed by atoms with E-state index in [1.807, 2.05) is 84.9 Å². The largest absolute Gasteiger partial charge is 0.489 e. The third-order valence-corrected chi connectivity index (χ3v) is 4.75. The SMILES string of the molecule is NC(=O)[C@H](Cc1cccc(OCc2ccccc2)c1)NC(=O)CCc1ccccc1. The second-order valence-electron chi connectivity index (χ2n) is 7.13. The molecule has 3 N–H and O–H groups in total. The van der Waals surface area contributed by atoms with Gasteiger partial charge < -0.3 is 15.8 Å². The molecule has 2 amide bonds. The average molecular weight is 402 g/mol. The molecule has 0 saturated carbocycles. The number of amides is 2. The van der Waals surface area contributed by atoms with Crippen LogP contribution in [0.3, 0.4) is 0 Å². The number of ether oxygens (including phenoxy) is 1. The molecule has 0 saturated heterocycles. The predicted molar refractivity (Wildman–Crippen MR) is 117 cm³/mol. The highest BCUT2D eigenvalue weighted by atomic mass is 16.5. The van der Waals surface area contributed by atoms with Gasteiger partial charge in [0.25, 0.3) is 0 Å². The Kier molecular flexibility index (Phi) is 7.61. The molecule has 30 heavy (non-hydrogen) atoms. The van der Waals surface area contributed by atoms with Crippen LogP contribution in [0.4, 0.5) is 0 Å². The quantitative estimate of drug-likeness (QED) is 0.545. The second kappa shape index (κ2) is 10.8. The number of hydrogen-bond donors (Lipinski definition) is 2. The van der Waals surface area contributed by atoms with Gasteiger partial charge in [-0.2, -0.15) is 0 Å². The highest BCUT2D eigenvalue weighted by molar-refractivity contribution is 5.86. The Morgan fingerprint density at radius 2 is 1.47 bits per heavy atom. The van der Waals surface area contributed by atoms with Gasteiger partial charge in [0.2, 0.25) is 11.8 Å². The van der Waals surface area contributed by atoms with Crippen LogP contribution in [0.5, 0.6) is 5.75 Å². The van der Waals surface area contributed by atoms with Crippen LogP contribution in [0.25, 0.3) is 0 Å². The normalized spacial score (nSPS) is 11.5. The Morgan fingerprint density at radius 1 is 0.833 bits per heavy atom. The smallest absolute Gasteiger partial charge is 0.240 e. The molecule has 0 aliphatic heterocycles. The van der Waals surface area contributed by atoms with Crippen molar-refractivity contribution in [1.82, 2.24) is 5.32 Å². The lowest BCUT2D eigenvalue weighted by molar-refractivity contribution is -0.127. The van der Waals surface area contributed by atoms with Crippen LogP contribution < -0.4 is 15.8 Å². The van der Waals surface area contributed by atoms with Crippen molar-refractivity contribution in [2.75, 3.05) is 0 Å². The van der Waals surface area contributed by atoms with Gasteiger partial charge in [-0.1, -0.05) is 72.8 Å². The summed E-state index contributed by atoms with van der Waals surface area (Å²) in [5.41, 5.74) is 8.54. The van der Waals surface area contributed by atoms with Crippen LogP contribution in [0.15, 0.2) is 84.9 Å². The Bertz CT molecular complexity index is 958. The summed E-state index contributed by atoms with van der Waals surface area (Å²) in [6.45, 7) is 0.458. The molecule has 3 aromatic carbocycles. The minimum atomic E-state index is -0.766. The molecule has 0 heterocycles. The molecule has 0 aliphatic rings. The first-order valence-corrected chi connectivity index (χ1v) is 9.98. The van der Waals surface area contributed by atoms with E-state index in [0.717, 1.165) is 16.7 Å². The van der Waals surface area contributed by atoms with Crippen LogP contribution >= 0.6 is 0 Å². The van der Waals surface area contributed by atoms with Crippen molar-refractivity contribution >= 4 is 11.8 Å². The number of carbonyl (C=O) groups excluding carboxylic acids is 2. The molecule has 5 nitrogen and oxygen atoms in total. The fraction of sp³-hybridized carbons (Fsp3) is 0.200. The van der Waals surface area contributed by atoms with Gasteiger partial charge in [-0.25, -0.2) is 0 Å². The van der Waals surface area contributed by atoms with Crippen molar-refractivity contribution in [3.8, 4) is 5.75 Å². The lowest BCUT2D eigenvalue weighted by atomic mass is 10.0. The number of primary amides is 1. The van der Waals surface area contributed by atoms with Crippen molar-refractivity contribution in [2.24, 2.45) is 5.73 Å². The summed E-state index contributed by atoms with van der Waals surface area (Å²) in [6, 6.07) is 26.4. The molecule has 0 radical (unpaired) electrons. The van der Waals surface area contributed by atoms with Gasteiger partial charge in [-0.3, -0.25) is 9.59 Å². The Morgan fingerprint density at radius 3 is 2.13 bits per heavy atom. The van der Waals surface area contributed by atoms with Crippen LogP contribution in [0.1, 0.15) is 23.1 Å². The number of carbonyl (C=O) groups is 2. The molecule has 154 valence electrons. The van der Waals surface area contributed by atoms with Gasteiger partial charge in [0.1, 0.15) is 18.4 Å². The minimum absolute atomic E-state index is 0.195. The molecular weight excluding hydrogens is 376 g/mol. The zero-order chi connectivity index (χ0) is 21.2. The second-order valence-corrected chi connectivity index (χ2v) is 7.13. The number of nitrogens with one attached hydrogen (secondary N) is 1. The highest BCUT2D eigenvalue weighted by Crippen LogP contribution is 2.16. The lowest BCUT2D eigenvalue weighted by Gasteiger charge is -2.16. The van der Waals surface area contributed by atoms with E-state index >= 15 is 0 Å². The van der Waals surface area contributed by atoms with Crippen LogP contribution in [0, 0.1) is 0 Å². The van der Waals surface area contributed by atoms with Crippen LogP contribution in [0.2, 0.25) is 0 Å². The number of hydrogen-bond acceptors (Lipinski definition) is 3. The molecule has 0 fully saturated rings. The first kappa shape index (κ1) is 21.1. The summed E-state index contributed by atoms with van der Waals surface area (Å²) in [5.74, 6) is -0.0484. The average Bonchev–Trinajstić information content (AvgIpc) is 2.77. The van der Waals surface area contributed by atoms with Gasteiger partial charge in [-0.15, -0.1) is 0 Å². The number of benzene rings is 3. The monoisotopic (exact) mass is 402 g/mol. The fourth-order valence-electron chi connectivity index (χ4n) is 3.13. The molecule has 0 aliphatic carbocycles. The molecule has 1 atom stereocenters. The minimum Gasteiger partial charge on any atom is -0.489 e. The molecule has 5 heteroatoms. The van der Waals surface area contributed by atoms with Crippen molar-refractivity contribution in [2.45, 2.75) is 31.9 Å². The van der Waals surface area contributed by atoms with Gasteiger partial charge >= 0.3 is 0 Å².